The average molecular weight is 368 g/mol. The summed E-state index contributed by atoms with van der Waals surface area (Å²) in [5.41, 5.74) is 0. The number of thiophene rings is 1. The number of carboxylic acids is 1. The Morgan fingerprint density at radius 1 is 1.58 bits per heavy atom. The summed E-state index contributed by atoms with van der Waals surface area (Å²) in [6.07, 6.45) is -0.137. The fraction of sp³-hybridized carbons (Fsp3) is 0.545. The van der Waals surface area contributed by atoms with E-state index in [1.807, 2.05) is 16.3 Å². The zero-order valence-corrected chi connectivity index (χ0v) is 13.3. The van der Waals surface area contributed by atoms with Crippen molar-refractivity contribution in [2.75, 3.05) is 18.1 Å². The molecule has 1 saturated heterocycles. The molecule has 19 heavy (non-hydrogen) atoms. The number of sulfone groups is 1. The van der Waals surface area contributed by atoms with Crippen molar-refractivity contribution in [3.8, 4) is 0 Å². The molecule has 0 spiro atoms. The minimum absolute atomic E-state index is 0.0672. The molecule has 1 aromatic rings. The average Bonchev–Trinajstić information content (AvgIpc) is 2.67. The molecule has 1 unspecified atom stereocenters. The number of hydrogen-bond donors (Lipinski definition) is 1. The van der Waals surface area contributed by atoms with Crippen LogP contribution in [0.3, 0.4) is 0 Å². The first-order valence-corrected chi connectivity index (χ1v) is 9.25. The Kier molecular flexibility index (Phi) is 4.65. The van der Waals surface area contributed by atoms with Crippen molar-refractivity contribution in [3.05, 3.63) is 20.8 Å². The normalized spacial score (nSPS) is 23.3. The van der Waals surface area contributed by atoms with Gasteiger partial charge in [0.25, 0.3) is 0 Å². The summed E-state index contributed by atoms with van der Waals surface area (Å²) in [6.45, 7) is 0.982. The predicted octanol–water partition coefficient (Wildman–Crippen LogP) is 1.58. The van der Waals surface area contributed by atoms with Gasteiger partial charge in [-0.1, -0.05) is 0 Å². The first kappa shape index (κ1) is 15.0. The van der Waals surface area contributed by atoms with E-state index < -0.39 is 21.8 Å². The molecule has 0 bridgehead atoms. The second-order valence-electron chi connectivity index (χ2n) is 4.53. The fourth-order valence-corrected chi connectivity index (χ4v) is 5.24. The van der Waals surface area contributed by atoms with Gasteiger partial charge in [0.2, 0.25) is 0 Å². The monoisotopic (exact) mass is 367 g/mol. The van der Waals surface area contributed by atoms with Crippen LogP contribution in [0.2, 0.25) is 0 Å². The molecule has 1 aromatic heterocycles. The van der Waals surface area contributed by atoms with Gasteiger partial charge in [0, 0.05) is 28.5 Å². The second-order valence-corrected chi connectivity index (χ2v) is 8.61. The molecule has 1 atom stereocenters. The zero-order chi connectivity index (χ0) is 14.0. The van der Waals surface area contributed by atoms with Crippen LogP contribution in [0.4, 0.5) is 0 Å². The van der Waals surface area contributed by atoms with Crippen molar-refractivity contribution in [2.45, 2.75) is 19.0 Å². The van der Waals surface area contributed by atoms with Crippen molar-refractivity contribution in [1.82, 2.24) is 4.90 Å². The van der Waals surface area contributed by atoms with Crippen LogP contribution in [0.5, 0.6) is 0 Å². The lowest BCUT2D eigenvalue weighted by molar-refractivity contribution is -0.138. The highest BCUT2D eigenvalue weighted by molar-refractivity contribution is 9.10. The summed E-state index contributed by atoms with van der Waals surface area (Å²) in [4.78, 5) is 13.9. The highest BCUT2D eigenvalue weighted by Crippen LogP contribution is 2.26. The highest BCUT2D eigenvalue weighted by Gasteiger charge is 2.32. The molecule has 5 nitrogen and oxygen atoms in total. The van der Waals surface area contributed by atoms with E-state index >= 15 is 0 Å². The molecular weight excluding hydrogens is 354 g/mol. The van der Waals surface area contributed by atoms with Crippen molar-refractivity contribution in [3.63, 3.8) is 0 Å². The SMILES string of the molecule is O=C(O)CC1CS(=O)(=O)CCN1Cc1sccc1Br. The van der Waals surface area contributed by atoms with Gasteiger partial charge in [-0.2, -0.15) is 0 Å². The molecule has 0 saturated carbocycles. The number of halogens is 1. The van der Waals surface area contributed by atoms with E-state index in [4.69, 9.17) is 5.11 Å². The maximum atomic E-state index is 11.6. The molecule has 1 fully saturated rings. The Labute approximate surface area is 124 Å². The van der Waals surface area contributed by atoms with Crippen LogP contribution in [0.25, 0.3) is 0 Å². The van der Waals surface area contributed by atoms with E-state index in [0.29, 0.717) is 13.1 Å². The Balaban J connectivity index is 2.13. The number of carboxylic acid groups (broad SMARTS) is 1. The Morgan fingerprint density at radius 3 is 2.89 bits per heavy atom. The van der Waals surface area contributed by atoms with Crippen molar-refractivity contribution >= 4 is 43.1 Å². The Bertz CT molecular complexity index is 569. The van der Waals surface area contributed by atoms with E-state index in [1.54, 1.807) is 11.3 Å². The van der Waals surface area contributed by atoms with Crippen molar-refractivity contribution in [2.24, 2.45) is 0 Å². The standard InChI is InChI=1S/C11H14BrNO4S2/c12-9-1-3-18-10(9)6-13-2-4-19(16,17)7-8(13)5-11(14)15/h1,3,8H,2,4-7H2,(H,14,15). The predicted molar refractivity (Wildman–Crippen MR) is 77.1 cm³/mol. The molecule has 0 amide bonds. The first-order valence-electron chi connectivity index (χ1n) is 5.75. The molecule has 1 aliphatic rings. The molecule has 0 radical (unpaired) electrons. The van der Waals surface area contributed by atoms with E-state index in [9.17, 15) is 13.2 Å². The molecule has 1 N–H and O–H groups in total. The summed E-state index contributed by atoms with van der Waals surface area (Å²) in [5.74, 6) is -0.925. The Morgan fingerprint density at radius 2 is 2.32 bits per heavy atom. The van der Waals surface area contributed by atoms with Crippen LogP contribution in [0.15, 0.2) is 15.9 Å². The molecule has 2 rings (SSSR count). The highest BCUT2D eigenvalue weighted by atomic mass is 79.9. The summed E-state index contributed by atoms with van der Waals surface area (Å²) >= 11 is 5.01. The quantitative estimate of drug-likeness (QED) is 0.874. The van der Waals surface area contributed by atoms with Crippen molar-refractivity contribution in [1.29, 1.82) is 0 Å². The van der Waals surface area contributed by atoms with Gasteiger partial charge in [-0.3, -0.25) is 9.69 Å². The molecule has 106 valence electrons. The van der Waals surface area contributed by atoms with E-state index in [1.165, 1.54) is 0 Å². The fourth-order valence-electron chi connectivity index (χ4n) is 2.14. The number of carbonyl (C=O) groups is 1. The van der Waals surface area contributed by atoms with Gasteiger partial charge in [0.1, 0.15) is 0 Å². The van der Waals surface area contributed by atoms with Crippen LogP contribution in [-0.2, 0) is 21.2 Å². The summed E-state index contributed by atoms with van der Waals surface area (Å²) < 4.78 is 24.2. The van der Waals surface area contributed by atoms with Crippen LogP contribution in [0, 0.1) is 0 Å². The van der Waals surface area contributed by atoms with E-state index in [2.05, 4.69) is 15.9 Å². The number of nitrogens with zero attached hydrogens (tertiary/aromatic N) is 1. The van der Waals surface area contributed by atoms with Crippen molar-refractivity contribution < 1.29 is 18.3 Å². The van der Waals surface area contributed by atoms with Gasteiger partial charge in [0.15, 0.2) is 9.84 Å². The smallest absolute Gasteiger partial charge is 0.304 e. The number of hydrogen-bond acceptors (Lipinski definition) is 5. The number of aliphatic carboxylic acids is 1. The largest absolute Gasteiger partial charge is 0.481 e. The summed E-state index contributed by atoms with van der Waals surface area (Å²) in [6, 6.07) is 1.50. The van der Waals surface area contributed by atoms with E-state index in [-0.39, 0.29) is 17.9 Å². The van der Waals surface area contributed by atoms with E-state index in [0.717, 1.165) is 9.35 Å². The second kappa shape index (κ2) is 5.90. The minimum atomic E-state index is -3.11. The van der Waals surface area contributed by atoms with Gasteiger partial charge in [-0.25, -0.2) is 8.42 Å². The maximum Gasteiger partial charge on any atom is 0.304 e. The van der Waals surface area contributed by atoms with Gasteiger partial charge in [0.05, 0.1) is 17.9 Å². The zero-order valence-electron chi connectivity index (χ0n) is 10.1. The maximum absolute atomic E-state index is 11.6. The lowest BCUT2D eigenvalue weighted by atomic mass is 10.2. The minimum Gasteiger partial charge on any atom is -0.481 e. The lowest BCUT2D eigenvalue weighted by Gasteiger charge is -2.34. The Hall–Kier alpha value is -0.440. The molecule has 1 aliphatic heterocycles. The third kappa shape index (κ3) is 4.01. The molecule has 0 aromatic carbocycles. The topological polar surface area (TPSA) is 74.7 Å². The lowest BCUT2D eigenvalue weighted by Crippen LogP contribution is -2.48. The van der Waals surface area contributed by atoms with Crippen LogP contribution in [0.1, 0.15) is 11.3 Å². The third-order valence-electron chi connectivity index (χ3n) is 3.10. The van der Waals surface area contributed by atoms with Gasteiger partial charge < -0.3 is 5.11 Å². The van der Waals surface area contributed by atoms with Gasteiger partial charge >= 0.3 is 5.97 Å². The molecule has 8 heteroatoms. The first-order chi connectivity index (χ1) is 8.87. The molecule has 0 aliphatic carbocycles. The molecular formula is C11H14BrNO4S2. The number of rotatable bonds is 4. The van der Waals surface area contributed by atoms with Crippen LogP contribution in [-0.4, -0.2) is 48.5 Å². The van der Waals surface area contributed by atoms with Gasteiger partial charge in [-0.15, -0.1) is 11.3 Å². The van der Waals surface area contributed by atoms with Crippen LogP contribution < -0.4 is 0 Å². The summed E-state index contributed by atoms with van der Waals surface area (Å²) in [5, 5.41) is 10.9. The van der Waals surface area contributed by atoms with Crippen LogP contribution >= 0.6 is 27.3 Å². The molecule has 2 heterocycles. The van der Waals surface area contributed by atoms with Gasteiger partial charge in [-0.05, 0) is 27.4 Å². The third-order valence-corrected chi connectivity index (χ3v) is 6.71. The summed E-state index contributed by atoms with van der Waals surface area (Å²) in [7, 11) is -3.11.